The van der Waals surface area contributed by atoms with Gasteiger partial charge in [0.05, 0.1) is 5.39 Å². The quantitative estimate of drug-likeness (QED) is 0.818. The summed E-state index contributed by atoms with van der Waals surface area (Å²) >= 11 is 1.69. The molecular weight excluding hydrogens is 218 g/mol. The maximum atomic E-state index is 4.45. The first-order valence-corrected chi connectivity index (χ1v) is 6.48. The summed E-state index contributed by atoms with van der Waals surface area (Å²) in [6.45, 7) is 9.65. The summed E-state index contributed by atoms with van der Waals surface area (Å²) in [5.41, 5.74) is 1.27. The van der Waals surface area contributed by atoms with E-state index in [0.29, 0.717) is 6.04 Å². The SMILES string of the molecule is CCN(c1ncnc2scc(C)c12)C(C)C. The Bertz CT molecular complexity index is 490. The van der Waals surface area contributed by atoms with E-state index in [9.17, 15) is 0 Å². The molecule has 0 N–H and O–H groups in total. The molecule has 0 unspecified atom stereocenters. The van der Waals surface area contributed by atoms with Crippen molar-refractivity contribution in [3.8, 4) is 0 Å². The second-order valence-corrected chi connectivity index (χ2v) is 5.03. The lowest BCUT2D eigenvalue weighted by molar-refractivity contribution is 0.695. The van der Waals surface area contributed by atoms with Crippen molar-refractivity contribution in [2.24, 2.45) is 0 Å². The van der Waals surface area contributed by atoms with Gasteiger partial charge in [0.15, 0.2) is 0 Å². The molecule has 16 heavy (non-hydrogen) atoms. The standard InChI is InChI=1S/C12H17N3S/c1-5-15(8(2)3)11-10-9(4)6-16-12(10)14-7-13-11/h6-8H,5H2,1-4H3. The van der Waals surface area contributed by atoms with Gasteiger partial charge in [-0.1, -0.05) is 0 Å². The fourth-order valence-corrected chi connectivity index (χ4v) is 2.86. The van der Waals surface area contributed by atoms with Gasteiger partial charge in [-0.3, -0.25) is 0 Å². The van der Waals surface area contributed by atoms with Crippen molar-refractivity contribution in [2.45, 2.75) is 33.7 Å². The minimum atomic E-state index is 0.461. The van der Waals surface area contributed by atoms with E-state index in [1.54, 1.807) is 17.7 Å². The van der Waals surface area contributed by atoms with Crippen molar-refractivity contribution >= 4 is 27.4 Å². The maximum absolute atomic E-state index is 4.45. The van der Waals surface area contributed by atoms with Crippen LogP contribution in [0.2, 0.25) is 0 Å². The molecule has 0 radical (unpaired) electrons. The van der Waals surface area contributed by atoms with Gasteiger partial charge in [0.1, 0.15) is 17.0 Å². The number of thiophene rings is 1. The van der Waals surface area contributed by atoms with Crippen LogP contribution in [-0.4, -0.2) is 22.6 Å². The van der Waals surface area contributed by atoms with Crippen LogP contribution in [0.5, 0.6) is 0 Å². The number of rotatable bonds is 3. The highest BCUT2D eigenvalue weighted by Gasteiger charge is 2.15. The Balaban J connectivity index is 2.62. The second-order valence-electron chi connectivity index (χ2n) is 4.18. The number of anilines is 1. The third-order valence-corrected chi connectivity index (χ3v) is 3.77. The Morgan fingerprint density at radius 3 is 2.75 bits per heavy atom. The third-order valence-electron chi connectivity index (χ3n) is 2.77. The lowest BCUT2D eigenvalue weighted by Crippen LogP contribution is -2.31. The van der Waals surface area contributed by atoms with E-state index in [1.807, 2.05) is 0 Å². The zero-order valence-corrected chi connectivity index (χ0v) is 11.0. The number of hydrogen-bond donors (Lipinski definition) is 0. The second kappa shape index (κ2) is 4.37. The Morgan fingerprint density at radius 2 is 2.12 bits per heavy atom. The van der Waals surface area contributed by atoms with Crippen LogP contribution in [0.1, 0.15) is 26.3 Å². The van der Waals surface area contributed by atoms with Crippen LogP contribution >= 0.6 is 11.3 Å². The topological polar surface area (TPSA) is 29.0 Å². The van der Waals surface area contributed by atoms with E-state index in [-0.39, 0.29) is 0 Å². The van der Waals surface area contributed by atoms with Crippen LogP contribution in [0, 0.1) is 6.92 Å². The van der Waals surface area contributed by atoms with Crippen LogP contribution in [-0.2, 0) is 0 Å². The molecule has 0 saturated heterocycles. The van der Waals surface area contributed by atoms with Gasteiger partial charge in [0.25, 0.3) is 0 Å². The minimum Gasteiger partial charge on any atom is -0.354 e. The molecule has 86 valence electrons. The van der Waals surface area contributed by atoms with Gasteiger partial charge in [-0.2, -0.15) is 0 Å². The maximum Gasteiger partial charge on any atom is 0.141 e. The van der Waals surface area contributed by atoms with E-state index < -0.39 is 0 Å². The molecule has 0 atom stereocenters. The van der Waals surface area contributed by atoms with Gasteiger partial charge in [-0.25, -0.2) is 9.97 Å². The Kier molecular flexibility index (Phi) is 3.10. The van der Waals surface area contributed by atoms with Crippen LogP contribution in [0.4, 0.5) is 5.82 Å². The summed E-state index contributed by atoms with van der Waals surface area (Å²) in [4.78, 5) is 12.2. The van der Waals surface area contributed by atoms with E-state index in [4.69, 9.17) is 0 Å². The first kappa shape index (κ1) is 11.3. The fourth-order valence-electron chi connectivity index (χ4n) is 1.98. The van der Waals surface area contributed by atoms with Gasteiger partial charge in [0, 0.05) is 12.6 Å². The molecule has 4 heteroatoms. The van der Waals surface area contributed by atoms with Gasteiger partial charge >= 0.3 is 0 Å². The third kappa shape index (κ3) is 1.78. The van der Waals surface area contributed by atoms with Crippen molar-refractivity contribution in [1.82, 2.24) is 9.97 Å². The van der Waals surface area contributed by atoms with Gasteiger partial charge in [-0.15, -0.1) is 11.3 Å². The highest BCUT2D eigenvalue weighted by Crippen LogP contribution is 2.31. The molecule has 0 aliphatic rings. The molecule has 0 aromatic carbocycles. The molecule has 3 nitrogen and oxygen atoms in total. The van der Waals surface area contributed by atoms with Crippen LogP contribution in [0.3, 0.4) is 0 Å². The molecule has 0 fully saturated rings. The average Bonchev–Trinajstić information content (AvgIpc) is 2.62. The molecule has 0 saturated carbocycles. The van der Waals surface area contributed by atoms with Crippen molar-refractivity contribution < 1.29 is 0 Å². The first-order chi connectivity index (χ1) is 7.65. The number of aryl methyl sites for hydroxylation is 1. The number of hydrogen-bond acceptors (Lipinski definition) is 4. The molecule has 2 heterocycles. The molecule has 0 spiro atoms. The average molecular weight is 235 g/mol. The van der Waals surface area contributed by atoms with E-state index in [2.05, 4.69) is 47.9 Å². The Labute approximate surface area is 100 Å². The normalized spacial score (nSPS) is 11.3. The number of aromatic nitrogens is 2. The molecule has 0 bridgehead atoms. The van der Waals surface area contributed by atoms with Crippen LogP contribution in [0.25, 0.3) is 10.2 Å². The summed E-state index contributed by atoms with van der Waals surface area (Å²) in [5.74, 6) is 1.07. The van der Waals surface area contributed by atoms with Gasteiger partial charge < -0.3 is 4.90 Å². The monoisotopic (exact) mass is 235 g/mol. The minimum absolute atomic E-state index is 0.461. The van der Waals surface area contributed by atoms with E-state index in [1.165, 1.54) is 10.9 Å². The van der Waals surface area contributed by atoms with Crippen LogP contribution < -0.4 is 4.90 Å². The highest BCUT2D eigenvalue weighted by atomic mass is 32.1. The van der Waals surface area contributed by atoms with E-state index >= 15 is 0 Å². The summed E-state index contributed by atoms with van der Waals surface area (Å²) < 4.78 is 0. The fraction of sp³-hybridized carbons (Fsp3) is 0.500. The Hall–Kier alpha value is -1.16. The molecule has 0 aliphatic heterocycles. The largest absolute Gasteiger partial charge is 0.354 e. The predicted molar refractivity (Wildman–Crippen MR) is 70.3 cm³/mol. The first-order valence-electron chi connectivity index (χ1n) is 5.60. The highest BCUT2D eigenvalue weighted by molar-refractivity contribution is 7.17. The Morgan fingerprint density at radius 1 is 1.38 bits per heavy atom. The summed E-state index contributed by atoms with van der Waals surface area (Å²) in [5, 5.41) is 3.36. The molecule has 2 aromatic rings. The van der Waals surface area contributed by atoms with Crippen molar-refractivity contribution in [2.75, 3.05) is 11.4 Å². The van der Waals surface area contributed by atoms with Crippen LogP contribution in [0.15, 0.2) is 11.7 Å². The van der Waals surface area contributed by atoms with E-state index in [0.717, 1.165) is 17.2 Å². The molecule has 0 aliphatic carbocycles. The van der Waals surface area contributed by atoms with Crippen molar-refractivity contribution in [3.05, 3.63) is 17.3 Å². The zero-order chi connectivity index (χ0) is 11.7. The van der Waals surface area contributed by atoms with Gasteiger partial charge in [0.2, 0.25) is 0 Å². The smallest absolute Gasteiger partial charge is 0.141 e. The molecule has 2 aromatic heterocycles. The zero-order valence-electron chi connectivity index (χ0n) is 10.2. The molecule has 2 rings (SSSR count). The molecular formula is C12H17N3S. The van der Waals surface area contributed by atoms with Gasteiger partial charge in [-0.05, 0) is 38.6 Å². The predicted octanol–water partition coefficient (Wildman–Crippen LogP) is 3.23. The lowest BCUT2D eigenvalue weighted by atomic mass is 10.2. The van der Waals surface area contributed by atoms with Crippen molar-refractivity contribution in [1.29, 1.82) is 0 Å². The molecule has 0 amide bonds. The summed E-state index contributed by atoms with van der Waals surface area (Å²) in [7, 11) is 0. The number of fused-ring (bicyclic) bond motifs is 1. The lowest BCUT2D eigenvalue weighted by Gasteiger charge is -2.26. The van der Waals surface area contributed by atoms with Crippen molar-refractivity contribution in [3.63, 3.8) is 0 Å². The summed E-state index contributed by atoms with van der Waals surface area (Å²) in [6.07, 6.45) is 1.67. The number of nitrogens with zero attached hydrogens (tertiary/aromatic N) is 3. The summed E-state index contributed by atoms with van der Waals surface area (Å²) in [6, 6.07) is 0.461.